The van der Waals surface area contributed by atoms with Crippen LogP contribution in [0.15, 0.2) is 24.3 Å². The molecule has 0 fully saturated rings. The first-order chi connectivity index (χ1) is 6.22. The number of hydrogen-bond acceptors (Lipinski definition) is 4. The number of benzene rings is 1. The second kappa shape index (κ2) is 4.20. The molecular weight excluding hydrogens is 174 g/mol. The topological polar surface area (TPSA) is 69.4 Å². The van der Waals surface area contributed by atoms with Gasteiger partial charge >= 0.3 is 0 Å². The first-order valence-corrected chi connectivity index (χ1v) is 3.47. The van der Waals surface area contributed by atoms with Crippen molar-refractivity contribution in [1.82, 2.24) is 0 Å². The van der Waals surface area contributed by atoms with E-state index in [-0.39, 0.29) is 6.61 Å². The van der Waals surface area contributed by atoms with Crippen LogP contribution < -0.4 is 0 Å². The molecule has 5 heteroatoms. The van der Waals surface area contributed by atoms with E-state index in [1.807, 2.05) is 0 Å². The van der Waals surface area contributed by atoms with Crippen LogP contribution in [-0.2, 0) is 16.2 Å². The van der Waals surface area contributed by atoms with E-state index in [1.54, 1.807) is 18.4 Å². The van der Waals surface area contributed by atoms with Crippen LogP contribution >= 0.6 is 0 Å². The summed E-state index contributed by atoms with van der Waals surface area (Å²) in [6.07, 6.45) is 1.69. The van der Waals surface area contributed by atoms with Crippen LogP contribution in [0.3, 0.4) is 0 Å². The van der Waals surface area contributed by atoms with Crippen LogP contribution in [0.2, 0.25) is 0 Å². The Balaban J connectivity index is 2.59. The fraction of sp³-hybridized carbons (Fsp3) is 0.125. The lowest BCUT2D eigenvalue weighted by Crippen LogP contribution is -2.00. The highest BCUT2D eigenvalue weighted by Gasteiger charge is 1.97. The summed E-state index contributed by atoms with van der Waals surface area (Å²) < 4.78 is 0. The van der Waals surface area contributed by atoms with E-state index in [9.17, 15) is 14.9 Å². The second-order valence-corrected chi connectivity index (χ2v) is 2.30. The average Bonchev–Trinajstić information content (AvgIpc) is 2.15. The van der Waals surface area contributed by atoms with Crippen LogP contribution in [0.5, 0.6) is 0 Å². The Kier molecular flexibility index (Phi) is 2.97. The Hall–Kier alpha value is -1.91. The van der Waals surface area contributed by atoms with Gasteiger partial charge in [0.25, 0.3) is 5.09 Å². The van der Waals surface area contributed by atoms with Crippen molar-refractivity contribution in [2.75, 3.05) is 0 Å². The summed E-state index contributed by atoms with van der Waals surface area (Å²) >= 11 is 0. The number of carbonyl (C=O) groups excluding carboxylic acids is 1. The minimum Gasteiger partial charge on any atom is -0.309 e. The fourth-order valence-corrected chi connectivity index (χ4v) is 0.796. The van der Waals surface area contributed by atoms with Crippen molar-refractivity contribution in [3.63, 3.8) is 0 Å². The summed E-state index contributed by atoms with van der Waals surface area (Å²) in [5, 5.41) is 8.96. The molecule has 0 heterocycles. The molecule has 0 unspecified atom stereocenters. The van der Waals surface area contributed by atoms with Gasteiger partial charge in [0.2, 0.25) is 6.29 Å². The first-order valence-electron chi connectivity index (χ1n) is 3.47. The van der Waals surface area contributed by atoms with Crippen LogP contribution in [-0.4, -0.2) is 11.4 Å². The van der Waals surface area contributed by atoms with Gasteiger partial charge in [0, 0.05) is 5.56 Å². The van der Waals surface area contributed by atoms with Gasteiger partial charge in [-0.15, -0.1) is 10.1 Å². The molecule has 0 aliphatic carbocycles. The molecule has 0 aliphatic rings. The van der Waals surface area contributed by atoms with Crippen molar-refractivity contribution in [3.8, 4) is 0 Å². The molecule has 0 atom stereocenters. The van der Waals surface area contributed by atoms with Crippen LogP contribution in [0.4, 0.5) is 0 Å². The van der Waals surface area contributed by atoms with Crippen molar-refractivity contribution in [3.05, 3.63) is 45.5 Å². The molecule has 5 nitrogen and oxygen atoms in total. The summed E-state index contributed by atoms with van der Waals surface area (Å²) in [7, 11) is 0. The van der Waals surface area contributed by atoms with Crippen molar-refractivity contribution in [2.24, 2.45) is 0 Å². The van der Waals surface area contributed by atoms with Gasteiger partial charge in [-0.05, 0) is 5.56 Å². The van der Waals surface area contributed by atoms with E-state index >= 15 is 0 Å². The summed E-state index contributed by atoms with van der Waals surface area (Å²) in [4.78, 5) is 24.1. The van der Waals surface area contributed by atoms with Crippen LogP contribution in [0, 0.1) is 10.1 Å². The third-order valence-corrected chi connectivity index (χ3v) is 1.41. The number of rotatable bonds is 4. The normalized spacial score (nSPS) is 9.23. The van der Waals surface area contributed by atoms with E-state index in [1.165, 1.54) is 12.1 Å². The second-order valence-electron chi connectivity index (χ2n) is 2.30. The highest BCUT2D eigenvalue weighted by molar-refractivity contribution is 5.75. The maximum absolute atomic E-state index is 10.1. The van der Waals surface area contributed by atoms with E-state index < -0.39 is 5.09 Å². The summed E-state index contributed by atoms with van der Waals surface area (Å²) in [6.45, 7) is -0.105. The highest BCUT2D eigenvalue weighted by atomic mass is 16.9. The molecule has 0 saturated heterocycles. The van der Waals surface area contributed by atoms with Gasteiger partial charge in [0.15, 0.2) is 0 Å². The zero-order valence-electron chi connectivity index (χ0n) is 6.60. The minimum absolute atomic E-state index is 0.105. The lowest BCUT2D eigenvalue weighted by molar-refractivity contribution is -0.763. The number of hydrogen-bond donors (Lipinski definition) is 0. The van der Waals surface area contributed by atoms with E-state index in [2.05, 4.69) is 4.84 Å². The van der Waals surface area contributed by atoms with Gasteiger partial charge in [-0.3, -0.25) is 4.79 Å². The largest absolute Gasteiger partial charge is 0.309 e. The van der Waals surface area contributed by atoms with Crippen molar-refractivity contribution < 1.29 is 14.7 Å². The fourth-order valence-electron chi connectivity index (χ4n) is 0.796. The van der Waals surface area contributed by atoms with E-state index in [0.717, 1.165) is 0 Å². The molecule has 0 bridgehead atoms. The van der Waals surface area contributed by atoms with Gasteiger partial charge in [-0.25, -0.2) is 0 Å². The molecule has 0 N–H and O–H groups in total. The molecular formula is C8H6NO4. The Morgan fingerprint density at radius 3 is 2.46 bits per heavy atom. The lowest BCUT2D eigenvalue weighted by Gasteiger charge is -1.98. The summed E-state index contributed by atoms with van der Waals surface area (Å²) in [5.41, 5.74) is 1.04. The van der Waals surface area contributed by atoms with Gasteiger partial charge in [-0.1, -0.05) is 24.3 Å². The molecule has 1 radical (unpaired) electrons. The molecule has 1 aromatic rings. The Morgan fingerprint density at radius 2 is 2.00 bits per heavy atom. The molecule has 0 aliphatic heterocycles. The van der Waals surface area contributed by atoms with Crippen LogP contribution in [0.1, 0.15) is 11.1 Å². The molecule has 67 valence electrons. The first kappa shape index (κ1) is 9.18. The molecule has 0 aromatic heterocycles. The maximum Gasteiger partial charge on any atom is 0.294 e. The van der Waals surface area contributed by atoms with Crippen molar-refractivity contribution in [2.45, 2.75) is 6.61 Å². The van der Waals surface area contributed by atoms with Gasteiger partial charge in [0.1, 0.15) is 6.61 Å². The molecule has 1 aromatic carbocycles. The van der Waals surface area contributed by atoms with Crippen molar-refractivity contribution in [1.29, 1.82) is 0 Å². The van der Waals surface area contributed by atoms with Gasteiger partial charge < -0.3 is 4.84 Å². The van der Waals surface area contributed by atoms with E-state index in [4.69, 9.17) is 0 Å². The predicted octanol–water partition coefficient (Wildman–Crippen LogP) is 0.853. The third-order valence-electron chi connectivity index (χ3n) is 1.41. The third kappa shape index (κ3) is 2.90. The minimum atomic E-state index is -0.861. The smallest absolute Gasteiger partial charge is 0.294 e. The molecule has 0 saturated carbocycles. The van der Waals surface area contributed by atoms with Crippen LogP contribution in [0.25, 0.3) is 0 Å². The Morgan fingerprint density at radius 1 is 1.38 bits per heavy atom. The van der Waals surface area contributed by atoms with Crippen molar-refractivity contribution >= 4 is 6.29 Å². The van der Waals surface area contributed by atoms with Gasteiger partial charge in [0.05, 0.1) is 0 Å². The maximum atomic E-state index is 10.1. The zero-order chi connectivity index (χ0) is 9.68. The monoisotopic (exact) mass is 180 g/mol. The van der Waals surface area contributed by atoms with Gasteiger partial charge in [-0.2, -0.15) is 0 Å². The van der Waals surface area contributed by atoms with E-state index in [0.29, 0.717) is 11.1 Å². The molecule has 13 heavy (non-hydrogen) atoms. The molecule has 0 amide bonds. The average molecular weight is 180 g/mol. The standard InChI is InChI=1S/C8H6NO4/c10-5-7-1-3-8(4-2-7)6-13-9(11)12/h1-4H,6H2. The SMILES string of the molecule is O=[C]c1ccc(CO[N+](=O)[O-])cc1. The summed E-state index contributed by atoms with van der Waals surface area (Å²) in [6, 6.07) is 6.19. The Labute approximate surface area is 74.0 Å². The number of nitrogens with zero attached hydrogens (tertiary/aromatic N) is 1. The summed E-state index contributed by atoms with van der Waals surface area (Å²) in [5.74, 6) is 0. The quantitative estimate of drug-likeness (QED) is 0.508. The molecule has 0 spiro atoms. The zero-order valence-corrected chi connectivity index (χ0v) is 6.60. The highest BCUT2D eigenvalue weighted by Crippen LogP contribution is 2.03. The molecule has 1 rings (SSSR count). The lowest BCUT2D eigenvalue weighted by atomic mass is 10.2. The Bertz CT molecular complexity index is 306. The predicted molar refractivity (Wildman–Crippen MR) is 43.0 cm³/mol.